The van der Waals surface area contributed by atoms with Gasteiger partial charge in [-0.25, -0.2) is 4.98 Å². The van der Waals surface area contributed by atoms with E-state index >= 15 is 0 Å². The second kappa shape index (κ2) is 7.71. The van der Waals surface area contributed by atoms with E-state index in [0.29, 0.717) is 16.7 Å². The summed E-state index contributed by atoms with van der Waals surface area (Å²) in [4.78, 5) is 32.7. The molecular formula is C18H17BrF3IN4O2. The van der Waals surface area contributed by atoms with Crippen molar-refractivity contribution in [1.82, 2.24) is 19.2 Å². The van der Waals surface area contributed by atoms with E-state index in [1.165, 1.54) is 15.5 Å². The summed E-state index contributed by atoms with van der Waals surface area (Å²) in [6.07, 6.45) is 1.04. The number of imidazole rings is 1. The van der Waals surface area contributed by atoms with Gasteiger partial charge >= 0.3 is 6.18 Å². The van der Waals surface area contributed by atoms with Crippen molar-refractivity contribution < 1.29 is 22.8 Å². The van der Waals surface area contributed by atoms with Crippen molar-refractivity contribution in [2.75, 3.05) is 19.6 Å². The number of pyridine rings is 1. The van der Waals surface area contributed by atoms with E-state index in [4.69, 9.17) is 0 Å². The monoisotopic (exact) mass is 584 g/mol. The van der Waals surface area contributed by atoms with E-state index in [0.717, 1.165) is 31.7 Å². The second-order valence-corrected chi connectivity index (χ2v) is 9.26. The fraction of sp³-hybridized carbons (Fsp3) is 0.500. The van der Waals surface area contributed by atoms with Crippen LogP contribution in [-0.4, -0.2) is 56.7 Å². The van der Waals surface area contributed by atoms with Gasteiger partial charge in [-0.3, -0.25) is 14.0 Å². The molecule has 29 heavy (non-hydrogen) atoms. The van der Waals surface area contributed by atoms with E-state index in [1.807, 2.05) is 4.90 Å². The van der Waals surface area contributed by atoms with Crippen molar-refractivity contribution in [2.45, 2.75) is 37.9 Å². The third-order valence-electron chi connectivity index (χ3n) is 5.45. The first kappa shape index (κ1) is 20.9. The number of carbonyl (C=O) groups excluding carboxylic acids is 2. The third-order valence-corrected chi connectivity index (χ3v) is 6.79. The highest BCUT2D eigenvalue weighted by Gasteiger charge is 2.38. The predicted octanol–water partition coefficient (Wildman–Crippen LogP) is 3.95. The number of alkyl halides is 3. The Bertz CT molecular complexity index is 988. The molecule has 0 aromatic carbocycles. The smallest absolute Gasteiger partial charge is 0.336 e. The molecule has 2 fully saturated rings. The SMILES string of the molecule is O=C(c1nc2c(C(F)(F)F)cc(I)cn2c1Br)N1CCN(C2CCCC2)C(=O)C1. The maximum absolute atomic E-state index is 13.4. The van der Waals surface area contributed by atoms with Crippen LogP contribution >= 0.6 is 38.5 Å². The molecule has 3 heterocycles. The lowest BCUT2D eigenvalue weighted by Gasteiger charge is -2.37. The van der Waals surface area contributed by atoms with Gasteiger partial charge in [-0.05, 0) is 57.4 Å². The highest BCUT2D eigenvalue weighted by molar-refractivity contribution is 14.1. The topological polar surface area (TPSA) is 57.9 Å². The summed E-state index contributed by atoms with van der Waals surface area (Å²) < 4.78 is 42.0. The van der Waals surface area contributed by atoms with Gasteiger partial charge in [-0.15, -0.1) is 0 Å². The summed E-state index contributed by atoms with van der Waals surface area (Å²) in [7, 11) is 0. The molecule has 1 saturated carbocycles. The number of aromatic nitrogens is 2. The van der Waals surface area contributed by atoms with E-state index in [1.54, 1.807) is 22.6 Å². The maximum atomic E-state index is 13.4. The Morgan fingerprint density at radius 2 is 1.93 bits per heavy atom. The normalized spacial score (nSPS) is 18.9. The third kappa shape index (κ3) is 3.87. The van der Waals surface area contributed by atoms with Crippen molar-refractivity contribution in [2.24, 2.45) is 0 Å². The molecule has 4 rings (SSSR count). The molecule has 2 aromatic rings. The standard InChI is InChI=1S/C18H17BrF3IN4O2/c19-15-14(24-16-12(18(20,21)22)7-10(23)8-27(15)16)17(29)25-5-6-26(13(28)9-25)11-3-1-2-4-11/h7-8,11H,1-6,9H2. The lowest BCUT2D eigenvalue weighted by molar-refractivity contribution is -0.137. The van der Waals surface area contributed by atoms with Crippen LogP contribution in [0.2, 0.25) is 0 Å². The molecule has 2 aromatic heterocycles. The number of halogens is 5. The van der Waals surface area contributed by atoms with Gasteiger partial charge in [0.1, 0.15) is 11.1 Å². The number of piperazine rings is 1. The fourth-order valence-corrected chi connectivity index (χ4v) is 5.16. The van der Waals surface area contributed by atoms with E-state index in [2.05, 4.69) is 20.9 Å². The van der Waals surface area contributed by atoms with Crippen molar-refractivity contribution in [3.8, 4) is 0 Å². The van der Waals surface area contributed by atoms with Gasteiger partial charge < -0.3 is 9.80 Å². The van der Waals surface area contributed by atoms with Gasteiger partial charge in [-0.2, -0.15) is 13.2 Å². The largest absolute Gasteiger partial charge is 0.420 e. The maximum Gasteiger partial charge on any atom is 0.420 e. The number of hydrogen-bond donors (Lipinski definition) is 0. The first-order valence-corrected chi connectivity index (χ1v) is 11.1. The number of hydrogen-bond acceptors (Lipinski definition) is 3. The number of rotatable bonds is 2. The van der Waals surface area contributed by atoms with Crippen LogP contribution in [0, 0.1) is 3.57 Å². The second-order valence-electron chi connectivity index (χ2n) is 7.27. The van der Waals surface area contributed by atoms with E-state index in [-0.39, 0.29) is 34.4 Å². The fourth-order valence-electron chi connectivity index (χ4n) is 4.04. The van der Waals surface area contributed by atoms with Crippen LogP contribution in [-0.2, 0) is 11.0 Å². The number of nitrogens with zero attached hydrogens (tertiary/aromatic N) is 4. The summed E-state index contributed by atoms with van der Waals surface area (Å²) >= 11 is 5.01. The number of fused-ring (bicyclic) bond motifs is 1. The lowest BCUT2D eigenvalue weighted by atomic mass is 10.1. The Hall–Kier alpha value is -1.37. The Labute approximate surface area is 186 Å². The van der Waals surface area contributed by atoms with Crippen LogP contribution in [0.25, 0.3) is 5.65 Å². The molecule has 0 atom stereocenters. The number of amides is 2. The molecule has 2 amide bonds. The average molecular weight is 585 g/mol. The average Bonchev–Trinajstić information content (AvgIpc) is 3.29. The molecule has 11 heteroatoms. The summed E-state index contributed by atoms with van der Waals surface area (Å²) in [6, 6.07) is 1.23. The van der Waals surface area contributed by atoms with Crippen LogP contribution in [0.5, 0.6) is 0 Å². The zero-order valence-corrected chi connectivity index (χ0v) is 18.9. The molecule has 0 radical (unpaired) electrons. The first-order chi connectivity index (χ1) is 13.7. The minimum Gasteiger partial charge on any atom is -0.336 e. The summed E-state index contributed by atoms with van der Waals surface area (Å²) in [5.41, 5.74) is -1.38. The van der Waals surface area contributed by atoms with Crippen LogP contribution in [0.4, 0.5) is 13.2 Å². The van der Waals surface area contributed by atoms with Crippen LogP contribution in [0.15, 0.2) is 16.9 Å². The van der Waals surface area contributed by atoms with Crippen LogP contribution in [0.3, 0.4) is 0 Å². The zero-order chi connectivity index (χ0) is 20.9. The molecule has 0 N–H and O–H groups in total. The zero-order valence-electron chi connectivity index (χ0n) is 15.2. The molecule has 1 aliphatic carbocycles. The minimum absolute atomic E-state index is 0.0840. The van der Waals surface area contributed by atoms with Crippen molar-refractivity contribution >= 4 is 56.0 Å². The highest BCUT2D eigenvalue weighted by Crippen LogP contribution is 2.35. The lowest BCUT2D eigenvalue weighted by Crippen LogP contribution is -2.55. The van der Waals surface area contributed by atoms with Gasteiger partial charge in [0, 0.05) is 28.9 Å². The summed E-state index contributed by atoms with van der Waals surface area (Å²) in [5, 5.41) is 0. The van der Waals surface area contributed by atoms with Crippen molar-refractivity contribution in [3.63, 3.8) is 0 Å². The molecule has 0 spiro atoms. The number of carbonyl (C=O) groups is 2. The van der Waals surface area contributed by atoms with Gasteiger partial charge in [0.2, 0.25) is 5.91 Å². The van der Waals surface area contributed by atoms with Crippen LogP contribution < -0.4 is 0 Å². The van der Waals surface area contributed by atoms with Crippen molar-refractivity contribution in [3.05, 3.63) is 31.7 Å². The summed E-state index contributed by atoms with van der Waals surface area (Å²) in [5.74, 6) is -0.676. The first-order valence-electron chi connectivity index (χ1n) is 9.20. The van der Waals surface area contributed by atoms with E-state index in [9.17, 15) is 22.8 Å². The Morgan fingerprint density at radius 1 is 1.24 bits per heavy atom. The van der Waals surface area contributed by atoms with Gasteiger partial charge in [0.15, 0.2) is 11.3 Å². The molecule has 0 bridgehead atoms. The molecule has 1 saturated heterocycles. The minimum atomic E-state index is -4.60. The molecule has 1 aliphatic heterocycles. The van der Waals surface area contributed by atoms with Gasteiger partial charge in [0.05, 0.1) is 5.56 Å². The molecular weight excluding hydrogens is 568 g/mol. The Balaban J connectivity index is 1.62. The van der Waals surface area contributed by atoms with Gasteiger partial charge in [-0.1, -0.05) is 12.8 Å². The van der Waals surface area contributed by atoms with Crippen molar-refractivity contribution in [1.29, 1.82) is 0 Å². The molecule has 156 valence electrons. The molecule has 0 unspecified atom stereocenters. The Kier molecular flexibility index (Phi) is 5.55. The highest BCUT2D eigenvalue weighted by atomic mass is 127. The van der Waals surface area contributed by atoms with Gasteiger partial charge in [0.25, 0.3) is 5.91 Å². The Morgan fingerprint density at radius 3 is 2.55 bits per heavy atom. The van der Waals surface area contributed by atoms with E-state index < -0.39 is 17.6 Å². The molecule has 2 aliphatic rings. The van der Waals surface area contributed by atoms with Crippen LogP contribution in [0.1, 0.15) is 41.7 Å². The predicted molar refractivity (Wildman–Crippen MR) is 110 cm³/mol. The molecule has 6 nitrogen and oxygen atoms in total. The quantitative estimate of drug-likeness (QED) is 0.503. The summed E-state index contributed by atoms with van der Waals surface area (Å²) in [6.45, 7) is 0.691.